The summed E-state index contributed by atoms with van der Waals surface area (Å²) in [5, 5.41) is 1.80. The number of carbonyl (C=O) groups excluding carboxylic acids is 3. The van der Waals surface area contributed by atoms with Crippen LogP contribution in [0.25, 0.3) is 0 Å². The van der Waals surface area contributed by atoms with Crippen molar-refractivity contribution in [1.82, 2.24) is 5.32 Å². The molecule has 0 fully saturated rings. The van der Waals surface area contributed by atoms with Gasteiger partial charge in [0, 0.05) is 0 Å². The molecule has 0 aliphatic carbocycles. The van der Waals surface area contributed by atoms with Crippen molar-refractivity contribution in [2.45, 2.75) is 44.8 Å². The van der Waals surface area contributed by atoms with Crippen LogP contribution in [0.15, 0.2) is 30.3 Å². The van der Waals surface area contributed by atoms with Gasteiger partial charge in [-0.05, 0) is 26.3 Å². The highest BCUT2D eigenvalue weighted by Gasteiger charge is 2.50. The average molecular weight is 431 g/mol. The van der Waals surface area contributed by atoms with Crippen LogP contribution in [0.1, 0.15) is 26.3 Å². The Morgan fingerprint density at radius 2 is 1.69 bits per heavy atom. The fraction of sp³-hybridized carbons (Fsp3) is 0.471. The number of carbonyl (C=O) groups is 3. The predicted molar refractivity (Wildman–Crippen MR) is 101 cm³/mol. The molecule has 1 aromatic carbocycles. The molecule has 0 aliphatic rings. The van der Waals surface area contributed by atoms with E-state index in [0.29, 0.717) is 11.8 Å². The Balaban J connectivity index is 3.21. The minimum atomic E-state index is -4.28. The SMILES string of the molecule is CC(C)(C)OC(=O)NC(=O)[C@](N)(OCc1ccccc1)C(OS(C)(=O)=O)C(N)=O. The Labute approximate surface area is 168 Å². The van der Waals surface area contributed by atoms with Crippen LogP contribution >= 0.6 is 0 Å². The maximum Gasteiger partial charge on any atom is 0.414 e. The number of alkyl carbamates (subject to hydrolysis) is 1. The van der Waals surface area contributed by atoms with E-state index in [4.69, 9.17) is 20.9 Å². The van der Waals surface area contributed by atoms with E-state index in [1.54, 1.807) is 56.4 Å². The van der Waals surface area contributed by atoms with Crippen molar-refractivity contribution in [3.8, 4) is 0 Å². The molecular weight excluding hydrogens is 406 g/mol. The summed E-state index contributed by atoms with van der Waals surface area (Å²) in [6, 6.07) is 8.34. The largest absolute Gasteiger partial charge is 0.444 e. The fourth-order valence-electron chi connectivity index (χ4n) is 2.04. The monoisotopic (exact) mass is 431 g/mol. The van der Waals surface area contributed by atoms with Gasteiger partial charge in [-0.1, -0.05) is 30.3 Å². The summed E-state index contributed by atoms with van der Waals surface area (Å²) in [5.41, 5.74) is 7.94. The first kappa shape index (κ1) is 24.5. The summed E-state index contributed by atoms with van der Waals surface area (Å²) >= 11 is 0. The Morgan fingerprint density at radius 3 is 2.14 bits per heavy atom. The second kappa shape index (κ2) is 9.31. The molecule has 1 rings (SSSR count). The molecule has 0 radical (unpaired) electrons. The first-order chi connectivity index (χ1) is 13.1. The van der Waals surface area contributed by atoms with Crippen molar-refractivity contribution < 1.29 is 36.5 Å². The Kier molecular flexibility index (Phi) is 7.86. The minimum absolute atomic E-state index is 0.323. The number of hydrogen-bond donors (Lipinski definition) is 3. The van der Waals surface area contributed by atoms with E-state index >= 15 is 0 Å². The Morgan fingerprint density at radius 1 is 1.14 bits per heavy atom. The van der Waals surface area contributed by atoms with Crippen LogP contribution in [0.3, 0.4) is 0 Å². The summed E-state index contributed by atoms with van der Waals surface area (Å²) in [5.74, 6) is -2.78. The number of hydrogen-bond acceptors (Lipinski definition) is 9. The van der Waals surface area contributed by atoms with E-state index in [1.165, 1.54) is 0 Å². The molecule has 1 aromatic rings. The van der Waals surface area contributed by atoms with Gasteiger partial charge >= 0.3 is 6.09 Å². The molecule has 0 aliphatic heterocycles. The number of nitrogens with one attached hydrogen (secondary N) is 1. The van der Waals surface area contributed by atoms with Gasteiger partial charge in [-0.3, -0.25) is 24.8 Å². The van der Waals surface area contributed by atoms with Crippen LogP contribution in [0.5, 0.6) is 0 Å². The zero-order valence-corrected chi connectivity index (χ0v) is 17.3. The lowest BCUT2D eigenvalue weighted by molar-refractivity contribution is -0.169. The molecule has 2 atom stereocenters. The standard InChI is InChI=1S/C17H25N3O8S/c1-16(2,3)27-15(23)20-14(22)17(19,12(13(18)21)28-29(4,24)25)26-10-11-8-6-5-7-9-11/h5-9,12H,10,19H2,1-4H3,(H2,18,21)(H,20,22,23)/t12?,17-/m1/s1. The molecular formula is C17H25N3O8S. The van der Waals surface area contributed by atoms with Gasteiger partial charge in [0.1, 0.15) is 5.60 Å². The molecule has 1 unspecified atom stereocenters. The van der Waals surface area contributed by atoms with Crippen LogP contribution in [-0.4, -0.2) is 50.0 Å². The summed E-state index contributed by atoms with van der Waals surface area (Å²) < 4.78 is 38.0. The fourth-order valence-corrected chi connectivity index (χ4v) is 2.62. The third-order valence-electron chi connectivity index (χ3n) is 3.21. The first-order valence-corrected chi connectivity index (χ1v) is 10.1. The lowest BCUT2D eigenvalue weighted by atomic mass is 10.1. The lowest BCUT2D eigenvalue weighted by Crippen LogP contribution is -2.68. The number of amides is 3. The lowest BCUT2D eigenvalue weighted by Gasteiger charge is -2.33. The van der Waals surface area contributed by atoms with Gasteiger partial charge in [0.05, 0.1) is 12.9 Å². The molecule has 5 N–H and O–H groups in total. The number of ether oxygens (including phenoxy) is 2. The van der Waals surface area contributed by atoms with Crippen LogP contribution in [-0.2, 0) is 40.0 Å². The highest BCUT2D eigenvalue weighted by Crippen LogP contribution is 2.19. The average Bonchev–Trinajstić information content (AvgIpc) is 2.55. The van der Waals surface area contributed by atoms with Gasteiger partial charge in [0.15, 0.2) is 0 Å². The number of imide groups is 1. The summed E-state index contributed by atoms with van der Waals surface area (Å²) in [4.78, 5) is 36.4. The van der Waals surface area contributed by atoms with E-state index in [-0.39, 0.29) is 6.61 Å². The molecule has 0 heterocycles. The summed E-state index contributed by atoms with van der Waals surface area (Å²) in [6.45, 7) is 4.34. The first-order valence-electron chi connectivity index (χ1n) is 8.33. The molecule has 0 saturated heterocycles. The summed E-state index contributed by atoms with van der Waals surface area (Å²) in [7, 11) is -4.28. The second-order valence-electron chi connectivity index (χ2n) is 7.11. The highest BCUT2D eigenvalue weighted by molar-refractivity contribution is 7.86. The molecule has 12 heteroatoms. The minimum Gasteiger partial charge on any atom is -0.444 e. The van der Waals surface area contributed by atoms with Crippen molar-refractivity contribution in [2.75, 3.05) is 6.26 Å². The van der Waals surface area contributed by atoms with E-state index in [1.807, 2.05) is 0 Å². The van der Waals surface area contributed by atoms with Crippen LogP contribution in [0.2, 0.25) is 0 Å². The van der Waals surface area contributed by atoms with Crippen LogP contribution < -0.4 is 16.8 Å². The molecule has 29 heavy (non-hydrogen) atoms. The smallest absolute Gasteiger partial charge is 0.414 e. The second-order valence-corrected chi connectivity index (χ2v) is 8.71. The molecule has 0 aromatic heterocycles. The third kappa shape index (κ3) is 8.15. The maximum absolute atomic E-state index is 12.7. The normalized spacial score (nSPS) is 15.1. The van der Waals surface area contributed by atoms with Gasteiger partial charge < -0.3 is 15.2 Å². The van der Waals surface area contributed by atoms with Gasteiger partial charge in [0.25, 0.3) is 21.9 Å². The van der Waals surface area contributed by atoms with Gasteiger partial charge in [-0.15, -0.1) is 0 Å². The number of rotatable bonds is 8. The van der Waals surface area contributed by atoms with Gasteiger partial charge in [-0.25, -0.2) is 4.79 Å². The van der Waals surface area contributed by atoms with Crippen LogP contribution in [0, 0.1) is 0 Å². The van der Waals surface area contributed by atoms with Crippen molar-refractivity contribution in [2.24, 2.45) is 11.5 Å². The molecule has 0 saturated carbocycles. The quantitative estimate of drug-likeness (QED) is 0.369. The number of nitrogens with two attached hydrogens (primary N) is 2. The molecule has 3 amide bonds. The Bertz CT molecular complexity index is 851. The van der Waals surface area contributed by atoms with Crippen molar-refractivity contribution in [3.63, 3.8) is 0 Å². The van der Waals surface area contributed by atoms with Crippen molar-refractivity contribution in [3.05, 3.63) is 35.9 Å². The van der Waals surface area contributed by atoms with E-state index in [2.05, 4.69) is 4.18 Å². The zero-order valence-electron chi connectivity index (χ0n) is 16.5. The highest BCUT2D eigenvalue weighted by atomic mass is 32.2. The molecule has 11 nitrogen and oxygen atoms in total. The Hall–Kier alpha value is -2.54. The van der Waals surface area contributed by atoms with E-state index in [9.17, 15) is 22.8 Å². The predicted octanol–water partition coefficient (Wildman–Crippen LogP) is -0.260. The zero-order chi connectivity index (χ0) is 22.5. The summed E-state index contributed by atoms with van der Waals surface area (Å²) in [6.07, 6.45) is -2.82. The van der Waals surface area contributed by atoms with Crippen LogP contribution in [0.4, 0.5) is 4.79 Å². The molecule has 162 valence electrons. The van der Waals surface area contributed by atoms with Crippen molar-refractivity contribution in [1.29, 1.82) is 0 Å². The number of primary amides is 1. The molecule has 0 spiro atoms. The van der Waals surface area contributed by atoms with Gasteiger partial charge in [-0.2, -0.15) is 8.42 Å². The maximum atomic E-state index is 12.7. The van der Waals surface area contributed by atoms with Crippen molar-refractivity contribution >= 4 is 28.0 Å². The topological polar surface area (TPSA) is 177 Å². The van der Waals surface area contributed by atoms with Gasteiger partial charge in [0.2, 0.25) is 11.8 Å². The molecule has 0 bridgehead atoms. The van der Waals surface area contributed by atoms with E-state index < -0.39 is 45.5 Å². The van der Waals surface area contributed by atoms with E-state index in [0.717, 1.165) is 0 Å². The number of benzene rings is 1. The third-order valence-corrected chi connectivity index (χ3v) is 3.75.